The molecule has 2 heterocycles. The van der Waals surface area contributed by atoms with Crippen LogP contribution >= 0.6 is 23.1 Å². The van der Waals surface area contributed by atoms with Crippen molar-refractivity contribution >= 4 is 39.3 Å². The third-order valence-electron chi connectivity index (χ3n) is 2.24. The molecule has 0 bridgehead atoms. The van der Waals surface area contributed by atoms with Gasteiger partial charge >= 0.3 is 5.97 Å². The lowest BCUT2D eigenvalue weighted by atomic mass is 10.2. The molecule has 16 heavy (non-hydrogen) atoms. The molecule has 6 heteroatoms. The van der Waals surface area contributed by atoms with E-state index in [1.165, 1.54) is 23.0 Å². The molecule has 2 aromatic heterocycles. The highest BCUT2D eigenvalue weighted by atomic mass is 32.2. The average Bonchev–Trinajstić information content (AvgIpc) is 2.53. The number of hydrogen-bond donors (Lipinski definition) is 1. The van der Waals surface area contributed by atoms with Gasteiger partial charge in [0.05, 0.1) is 16.0 Å². The minimum atomic E-state index is -0.832. The van der Waals surface area contributed by atoms with Crippen molar-refractivity contribution < 1.29 is 9.90 Å². The van der Waals surface area contributed by atoms with Gasteiger partial charge in [0, 0.05) is 4.88 Å². The van der Waals surface area contributed by atoms with Crippen LogP contribution in [0.1, 0.15) is 10.4 Å². The fourth-order valence-electron chi connectivity index (χ4n) is 1.35. The van der Waals surface area contributed by atoms with E-state index in [1.807, 2.05) is 13.8 Å². The van der Waals surface area contributed by atoms with Gasteiger partial charge in [0.1, 0.15) is 11.4 Å². The molecule has 84 valence electrons. The molecule has 0 fully saturated rings. The summed E-state index contributed by atoms with van der Waals surface area (Å²) in [6.07, 6.45) is 1.49. The second kappa shape index (κ2) is 4.39. The third-order valence-corrected chi connectivity index (χ3v) is 4.55. The van der Waals surface area contributed by atoms with Crippen molar-refractivity contribution in [3.63, 3.8) is 0 Å². The van der Waals surface area contributed by atoms with E-state index < -0.39 is 5.97 Å². The van der Waals surface area contributed by atoms with Crippen LogP contribution in [-0.4, -0.2) is 26.8 Å². The fraction of sp³-hybridized carbons (Fsp3) is 0.300. The minimum Gasteiger partial charge on any atom is -0.481 e. The first-order valence-electron chi connectivity index (χ1n) is 4.65. The Labute approximate surface area is 101 Å². The first-order chi connectivity index (χ1) is 7.59. The van der Waals surface area contributed by atoms with Crippen LogP contribution in [0.2, 0.25) is 0 Å². The average molecular weight is 254 g/mol. The molecule has 0 saturated carbocycles. The zero-order chi connectivity index (χ0) is 11.7. The van der Waals surface area contributed by atoms with E-state index in [9.17, 15) is 4.79 Å². The lowest BCUT2D eigenvalue weighted by Crippen LogP contribution is -1.98. The van der Waals surface area contributed by atoms with Gasteiger partial charge in [0.2, 0.25) is 0 Å². The summed E-state index contributed by atoms with van der Waals surface area (Å²) >= 11 is 2.86. The van der Waals surface area contributed by atoms with E-state index in [1.54, 1.807) is 11.3 Å². The number of rotatable bonds is 3. The van der Waals surface area contributed by atoms with Crippen LogP contribution in [0, 0.1) is 13.8 Å². The number of fused-ring (bicyclic) bond motifs is 1. The summed E-state index contributed by atoms with van der Waals surface area (Å²) in [5, 5.41) is 9.40. The predicted octanol–water partition coefficient (Wildman–Crippen LogP) is 2.48. The van der Waals surface area contributed by atoms with E-state index in [-0.39, 0.29) is 5.75 Å². The van der Waals surface area contributed by atoms with Gasteiger partial charge in [-0.1, -0.05) is 11.8 Å². The number of hydrogen-bond acceptors (Lipinski definition) is 5. The summed E-state index contributed by atoms with van der Waals surface area (Å²) in [5.41, 5.74) is 2.09. The highest BCUT2D eigenvalue weighted by molar-refractivity contribution is 8.00. The molecule has 0 saturated heterocycles. The van der Waals surface area contributed by atoms with Crippen molar-refractivity contribution in [2.45, 2.75) is 18.9 Å². The van der Waals surface area contributed by atoms with Crippen LogP contribution in [0.15, 0.2) is 11.4 Å². The van der Waals surface area contributed by atoms with Crippen molar-refractivity contribution in [2.75, 3.05) is 5.75 Å². The molecule has 0 amide bonds. The first kappa shape index (κ1) is 11.3. The summed E-state index contributed by atoms with van der Waals surface area (Å²) in [4.78, 5) is 20.1. The van der Waals surface area contributed by atoms with Crippen LogP contribution < -0.4 is 0 Å². The maximum absolute atomic E-state index is 10.5. The fourth-order valence-corrected chi connectivity index (χ4v) is 3.26. The topological polar surface area (TPSA) is 63.1 Å². The molecule has 1 N–H and O–H groups in total. The van der Waals surface area contributed by atoms with Crippen molar-refractivity contribution in [1.82, 2.24) is 9.97 Å². The summed E-state index contributed by atoms with van der Waals surface area (Å²) < 4.78 is 0.990. The largest absolute Gasteiger partial charge is 0.481 e. The van der Waals surface area contributed by atoms with Gasteiger partial charge in [-0.15, -0.1) is 11.3 Å². The van der Waals surface area contributed by atoms with Crippen molar-refractivity contribution in [3.8, 4) is 0 Å². The van der Waals surface area contributed by atoms with Gasteiger partial charge in [-0.05, 0) is 19.4 Å². The zero-order valence-electron chi connectivity index (χ0n) is 8.85. The van der Waals surface area contributed by atoms with Crippen molar-refractivity contribution in [3.05, 3.63) is 16.8 Å². The lowest BCUT2D eigenvalue weighted by molar-refractivity contribution is -0.133. The molecule has 2 aromatic rings. The zero-order valence-corrected chi connectivity index (χ0v) is 10.5. The molecular weight excluding hydrogens is 244 g/mol. The van der Waals surface area contributed by atoms with Gasteiger partial charge in [0.15, 0.2) is 0 Å². The second-order valence-electron chi connectivity index (χ2n) is 3.32. The second-order valence-corrected chi connectivity index (χ2v) is 5.51. The summed E-state index contributed by atoms with van der Waals surface area (Å²) in [6, 6.07) is 0. The summed E-state index contributed by atoms with van der Waals surface area (Å²) in [6.45, 7) is 4.06. The highest BCUT2D eigenvalue weighted by Gasteiger charge is 2.12. The van der Waals surface area contributed by atoms with Crippen LogP contribution in [0.25, 0.3) is 10.2 Å². The van der Waals surface area contributed by atoms with E-state index in [4.69, 9.17) is 5.11 Å². The molecule has 0 aliphatic carbocycles. The van der Waals surface area contributed by atoms with Gasteiger partial charge in [0.25, 0.3) is 0 Å². The Kier molecular flexibility index (Phi) is 3.11. The van der Waals surface area contributed by atoms with Crippen LogP contribution in [0.5, 0.6) is 0 Å². The number of nitrogens with zero attached hydrogens (tertiary/aromatic N) is 2. The standard InChI is InChI=1S/C10H10N2O2S2/c1-5-6(2)16-9-8(5)11-4-12-10(9)15-3-7(13)14/h4H,3H2,1-2H3,(H,13,14). The molecule has 2 rings (SSSR count). The van der Waals surface area contributed by atoms with Gasteiger partial charge in [-0.3, -0.25) is 4.79 Å². The third kappa shape index (κ3) is 2.03. The maximum Gasteiger partial charge on any atom is 0.313 e. The van der Waals surface area contributed by atoms with E-state index in [2.05, 4.69) is 9.97 Å². The molecule has 0 aromatic carbocycles. The smallest absolute Gasteiger partial charge is 0.313 e. The molecular formula is C10H10N2O2S2. The van der Waals surface area contributed by atoms with Crippen molar-refractivity contribution in [2.24, 2.45) is 0 Å². The molecule has 0 unspecified atom stereocenters. The number of carbonyl (C=O) groups is 1. The van der Waals surface area contributed by atoms with Gasteiger partial charge in [-0.25, -0.2) is 9.97 Å². The Hall–Kier alpha value is -1.14. The molecule has 4 nitrogen and oxygen atoms in total. The Morgan fingerprint density at radius 1 is 1.50 bits per heavy atom. The minimum absolute atomic E-state index is 0.0299. The number of thiophene rings is 1. The number of carboxylic acids is 1. The van der Waals surface area contributed by atoms with E-state index >= 15 is 0 Å². The number of aromatic nitrogens is 2. The monoisotopic (exact) mass is 254 g/mol. The van der Waals surface area contributed by atoms with Crippen LogP contribution in [0.3, 0.4) is 0 Å². The van der Waals surface area contributed by atoms with E-state index in [0.717, 1.165) is 20.8 Å². The number of carboxylic acid groups (broad SMARTS) is 1. The number of aryl methyl sites for hydroxylation is 2. The Balaban J connectivity index is 2.45. The van der Waals surface area contributed by atoms with Crippen molar-refractivity contribution in [1.29, 1.82) is 0 Å². The number of aliphatic carboxylic acids is 1. The first-order valence-corrected chi connectivity index (χ1v) is 6.45. The van der Waals surface area contributed by atoms with Crippen LogP contribution in [-0.2, 0) is 4.79 Å². The lowest BCUT2D eigenvalue weighted by Gasteiger charge is -1.98. The molecule has 0 spiro atoms. The Morgan fingerprint density at radius 2 is 2.25 bits per heavy atom. The van der Waals surface area contributed by atoms with Crippen LogP contribution in [0.4, 0.5) is 0 Å². The number of thioether (sulfide) groups is 1. The maximum atomic E-state index is 10.5. The summed E-state index contributed by atoms with van der Waals surface area (Å²) in [7, 11) is 0. The molecule has 0 aliphatic heterocycles. The van der Waals surface area contributed by atoms with Gasteiger partial charge < -0.3 is 5.11 Å². The van der Waals surface area contributed by atoms with Gasteiger partial charge in [-0.2, -0.15) is 0 Å². The normalized spacial score (nSPS) is 10.9. The van der Waals surface area contributed by atoms with E-state index in [0.29, 0.717) is 0 Å². The highest BCUT2D eigenvalue weighted by Crippen LogP contribution is 2.34. The SMILES string of the molecule is Cc1sc2c(SCC(=O)O)ncnc2c1C. The molecule has 0 aliphatic rings. The predicted molar refractivity (Wildman–Crippen MR) is 65.2 cm³/mol. The molecule has 0 atom stereocenters. The quantitative estimate of drug-likeness (QED) is 0.673. The Bertz CT molecular complexity index is 551. The molecule has 0 radical (unpaired) electrons. The summed E-state index contributed by atoms with van der Waals surface area (Å²) in [5.74, 6) is -0.802. The Morgan fingerprint density at radius 3 is 2.94 bits per heavy atom.